The summed E-state index contributed by atoms with van der Waals surface area (Å²) in [5, 5.41) is 7.17. The van der Waals surface area contributed by atoms with Crippen molar-refractivity contribution >= 4 is 11.8 Å². The van der Waals surface area contributed by atoms with Crippen LogP contribution in [0.15, 0.2) is 28.8 Å². The Morgan fingerprint density at radius 3 is 2.86 bits per heavy atom. The number of carbonyl (C=O) groups is 2. The Balaban J connectivity index is 1.51. The van der Waals surface area contributed by atoms with Crippen molar-refractivity contribution in [1.29, 1.82) is 0 Å². The molecule has 0 radical (unpaired) electrons. The van der Waals surface area contributed by atoms with Crippen LogP contribution >= 0.6 is 0 Å². The van der Waals surface area contributed by atoms with E-state index in [1.807, 2.05) is 26.0 Å². The number of aromatic nitrogens is 1. The quantitative estimate of drug-likeness (QED) is 0.881. The second-order valence-electron chi connectivity index (χ2n) is 8.00. The van der Waals surface area contributed by atoms with Crippen molar-refractivity contribution in [2.24, 2.45) is 0 Å². The first-order chi connectivity index (χ1) is 13.4. The molecule has 1 aromatic carbocycles. The average molecular weight is 383 g/mol. The van der Waals surface area contributed by atoms with Crippen LogP contribution in [0.5, 0.6) is 5.75 Å². The lowest BCUT2D eigenvalue weighted by atomic mass is 9.91. The van der Waals surface area contributed by atoms with E-state index in [0.717, 1.165) is 30.5 Å². The van der Waals surface area contributed by atoms with E-state index < -0.39 is 5.54 Å². The summed E-state index contributed by atoms with van der Waals surface area (Å²) in [4.78, 5) is 27.5. The molecule has 0 saturated carbocycles. The topological polar surface area (TPSA) is 84.7 Å². The minimum atomic E-state index is -0.417. The third-order valence-corrected chi connectivity index (χ3v) is 5.78. The summed E-state index contributed by atoms with van der Waals surface area (Å²) in [5.74, 6) is 0.844. The molecule has 1 atom stereocenters. The maximum atomic E-state index is 12.9. The van der Waals surface area contributed by atoms with E-state index in [-0.39, 0.29) is 23.5 Å². The van der Waals surface area contributed by atoms with Crippen LogP contribution in [0.25, 0.3) is 0 Å². The molecule has 7 nitrogen and oxygen atoms in total. The minimum Gasteiger partial charge on any atom is -0.497 e. The molecule has 1 aromatic heterocycles. The van der Waals surface area contributed by atoms with Gasteiger partial charge in [0.2, 0.25) is 5.76 Å². The molecule has 2 aliphatic heterocycles. The number of fused-ring (bicyclic) bond motifs is 1. The number of amides is 2. The van der Waals surface area contributed by atoms with Crippen LogP contribution < -0.4 is 10.1 Å². The first kappa shape index (κ1) is 18.5. The summed E-state index contributed by atoms with van der Waals surface area (Å²) in [6.07, 6.45) is 2.29. The number of nitrogens with one attached hydrogen (secondary N) is 1. The van der Waals surface area contributed by atoms with Gasteiger partial charge in [-0.1, -0.05) is 25.1 Å². The van der Waals surface area contributed by atoms with E-state index >= 15 is 0 Å². The number of aryl methyl sites for hydroxylation is 1. The Labute approximate surface area is 164 Å². The molecule has 1 fully saturated rings. The van der Waals surface area contributed by atoms with Gasteiger partial charge in [0.1, 0.15) is 5.75 Å². The lowest BCUT2D eigenvalue weighted by Crippen LogP contribution is -2.50. The third-order valence-electron chi connectivity index (χ3n) is 5.78. The summed E-state index contributed by atoms with van der Waals surface area (Å²) < 4.78 is 10.5. The highest BCUT2D eigenvalue weighted by molar-refractivity contribution is 5.97. The van der Waals surface area contributed by atoms with Crippen LogP contribution in [-0.2, 0) is 6.42 Å². The molecule has 28 heavy (non-hydrogen) atoms. The molecule has 2 aromatic rings. The molecule has 7 heteroatoms. The Kier molecular flexibility index (Phi) is 4.61. The molecule has 2 aliphatic rings. The molecule has 0 unspecified atom stereocenters. The smallest absolute Gasteiger partial charge is 0.292 e. The molecule has 4 rings (SSSR count). The SMILES string of the molecule is COc1ccc2c(c1)C(=O)N[C@@]1(CC2)CCN(C(=O)c2cc(C(C)C)no2)C1. The maximum Gasteiger partial charge on any atom is 0.292 e. The van der Waals surface area contributed by atoms with E-state index in [0.29, 0.717) is 24.4 Å². The first-order valence-corrected chi connectivity index (χ1v) is 9.66. The largest absolute Gasteiger partial charge is 0.497 e. The summed E-state index contributed by atoms with van der Waals surface area (Å²) >= 11 is 0. The van der Waals surface area contributed by atoms with Gasteiger partial charge < -0.3 is 19.5 Å². The Hall–Kier alpha value is -2.83. The van der Waals surface area contributed by atoms with Crippen molar-refractivity contribution in [3.8, 4) is 5.75 Å². The maximum absolute atomic E-state index is 12.9. The van der Waals surface area contributed by atoms with Crippen molar-refractivity contribution in [2.45, 2.75) is 44.6 Å². The number of hydrogen-bond donors (Lipinski definition) is 1. The summed E-state index contributed by atoms with van der Waals surface area (Å²) in [6, 6.07) is 7.33. The average Bonchev–Trinajstić information content (AvgIpc) is 3.31. The van der Waals surface area contributed by atoms with Crippen molar-refractivity contribution in [3.05, 3.63) is 46.8 Å². The highest BCUT2D eigenvalue weighted by atomic mass is 16.5. The van der Waals surface area contributed by atoms with Gasteiger partial charge >= 0.3 is 0 Å². The number of methoxy groups -OCH3 is 1. The normalized spacial score (nSPS) is 21.6. The highest BCUT2D eigenvalue weighted by Crippen LogP contribution is 2.32. The monoisotopic (exact) mass is 383 g/mol. The first-order valence-electron chi connectivity index (χ1n) is 9.66. The van der Waals surface area contributed by atoms with E-state index in [4.69, 9.17) is 9.26 Å². The van der Waals surface area contributed by atoms with Crippen molar-refractivity contribution < 1.29 is 18.8 Å². The lowest BCUT2D eigenvalue weighted by molar-refractivity contribution is 0.0726. The van der Waals surface area contributed by atoms with Crippen molar-refractivity contribution in [1.82, 2.24) is 15.4 Å². The summed E-state index contributed by atoms with van der Waals surface area (Å²) in [6.45, 7) is 5.06. The van der Waals surface area contributed by atoms with Gasteiger partial charge in [0.05, 0.1) is 18.3 Å². The lowest BCUT2D eigenvalue weighted by Gasteiger charge is -2.28. The van der Waals surface area contributed by atoms with Gasteiger partial charge in [0.15, 0.2) is 0 Å². The fourth-order valence-corrected chi connectivity index (χ4v) is 4.03. The van der Waals surface area contributed by atoms with Crippen LogP contribution in [-0.4, -0.2) is 47.6 Å². The minimum absolute atomic E-state index is 0.109. The molecular weight excluding hydrogens is 358 g/mol. The zero-order chi connectivity index (χ0) is 19.9. The van der Waals surface area contributed by atoms with Gasteiger partial charge in [0, 0.05) is 24.7 Å². The number of nitrogens with zero attached hydrogens (tertiary/aromatic N) is 2. The molecule has 2 amide bonds. The van der Waals surface area contributed by atoms with E-state index in [9.17, 15) is 9.59 Å². The molecule has 3 heterocycles. The van der Waals surface area contributed by atoms with Gasteiger partial charge in [-0.2, -0.15) is 0 Å². The fourth-order valence-electron chi connectivity index (χ4n) is 4.03. The molecule has 0 aliphatic carbocycles. The molecule has 1 saturated heterocycles. The summed E-state index contributed by atoms with van der Waals surface area (Å²) in [7, 11) is 1.59. The standard InChI is InChI=1S/C21H25N3O4/c1-13(2)17-11-18(28-23-17)20(26)24-9-8-21(12-24)7-6-14-4-5-15(27-3)10-16(14)19(25)22-21/h4-5,10-11,13H,6-9,12H2,1-3H3,(H,22,25)/t21-/m0/s1. The second kappa shape index (κ2) is 6.96. The molecular formula is C21H25N3O4. The predicted octanol–water partition coefficient (Wildman–Crippen LogP) is 2.77. The van der Waals surface area contributed by atoms with Gasteiger partial charge in [-0.3, -0.25) is 9.59 Å². The number of hydrogen-bond acceptors (Lipinski definition) is 5. The number of carbonyl (C=O) groups excluding carboxylic acids is 2. The highest BCUT2D eigenvalue weighted by Gasteiger charge is 2.43. The number of likely N-dealkylation sites (tertiary alicyclic amines) is 1. The van der Waals surface area contributed by atoms with Gasteiger partial charge in [-0.15, -0.1) is 0 Å². The van der Waals surface area contributed by atoms with Crippen LogP contribution in [0.3, 0.4) is 0 Å². The second-order valence-corrected chi connectivity index (χ2v) is 8.00. The van der Waals surface area contributed by atoms with E-state index in [2.05, 4.69) is 10.5 Å². The van der Waals surface area contributed by atoms with E-state index in [1.54, 1.807) is 24.1 Å². The van der Waals surface area contributed by atoms with Crippen LogP contribution in [0.1, 0.15) is 64.8 Å². The molecule has 1 spiro atoms. The number of ether oxygens (including phenoxy) is 1. The molecule has 148 valence electrons. The van der Waals surface area contributed by atoms with Crippen LogP contribution in [0.2, 0.25) is 0 Å². The van der Waals surface area contributed by atoms with Gasteiger partial charge in [0.25, 0.3) is 11.8 Å². The Bertz CT molecular complexity index is 920. The zero-order valence-electron chi connectivity index (χ0n) is 16.4. The molecule has 1 N–H and O–H groups in total. The van der Waals surface area contributed by atoms with E-state index in [1.165, 1.54) is 0 Å². The van der Waals surface area contributed by atoms with Crippen LogP contribution in [0, 0.1) is 0 Å². The summed E-state index contributed by atoms with van der Waals surface area (Å²) in [5.41, 5.74) is 2.01. The van der Waals surface area contributed by atoms with Gasteiger partial charge in [-0.25, -0.2) is 0 Å². The molecule has 0 bridgehead atoms. The number of benzene rings is 1. The fraction of sp³-hybridized carbons (Fsp3) is 0.476. The van der Waals surface area contributed by atoms with Crippen molar-refractivity contribution in [2.75, 3.05) is 20.2 Å². The zero-order valence-corrected chi connectivity index (χ0v) is 16.4. The Morgan fingerprint density at radius 1 is 1.32 bits per heavy atom. The van der Waals surface area contributed by atoms with Crippen molar-refractivity contribution in [3.63, 3.8) is 0 Å². The third kappa shape index (κ3) is 3.25. The van der Waals surface area contributed by atoms with Gasteiger partial charge in [-0.05, 0) is 42.9 Å². The number of rotatable bonds is 3. The Morgan fingerprint density at radius 2 is 2.14 bits per heavy atom. The van der Waals surface area contributed by atoms with Crippen LogP contribution in [0.4, 0.5) is 0 Å². The predicted molar refractivity (Wildman–Crippen MR) is 103 cm³/mol.